The predicted molar refractivity (Wildman–Crippen MR) is 65.9 cm³/mol. The quantitative estimate of drug-likeness (QED) is 0.592. The lowest BCUT2D eigenvalue weighted by molar-refractivity contribution is 0.527. The first kappa shape index (κ1) is 12.2. The third kappa shape index (κ3) is 4.46. The molecule has 0 aliphatic rings. The van der Waals surface area contributed by atoms with Crippen molar-refractivity contribution >= 4 is 11.8 Å². The molecule has 0 amide bonds. The average molecular weight is 223 g/mol. The maximum absolute atomic E-state index is 5.37. The van der Waals surface area contributed by atoms with Crippen molar-refractivity contribution in [3.8, 4) is 12.3 Å². The second-order valence-corrected chi connectivity index (χ2v) is 4.91. The highest BCUT2D eigenvalue weighted by Crippen LogP contribution is 2.20. The Morgan fingerprint density at radius 2 is 2.47 bits per heavy atom. The van der Waals surface area contributed by atoms with E-state index >= 15 is 0 Å². The maximum atomic E-state index is 5.37. The van der Waals surface area contributed by atoms with Crippen molar-refractivity contribution < 1.29 is 4.42 Å². The van der Waals surface area contributed by atoms with E-state index in [0.717, 1.165) is 18.1 Å². The van der Waals surface area contributed by atoms with Gasteiger partial charge in [0.1, 0.15) is 5.76 Å². The van der Waals surface area contributed by atoms with Gasteiger partial charge in [0, 0.05) is 11.8 Å². The van der Waals surface area contributed by atoms with E-state index in [-0.39, 0.29) is 0 Å². The van der Waals surface area contributed by atoms with Crippen LogP contribution in [0.1, 0.15) is 18.2 Å². The van der Waals surface area contributed by atoms with Crippen molar-refractivity contribution in [3.63, 3.8) is 0 Å². The summed E-state index contributed by atoms with van der Waals surface area (Å²) in [5.41, 5.74) is 1.23. The van der Waals surface area contributed by atoms with Crippen LogP contribution >= 0.6 is 11.8 Å². The van der Waals surface area contributed by atoms with Crippen molar-refractivity contribution in [3.05, 3.63) is 23.7 Å². The molecule has 0 spiro atoms. The normalized spacial score (nSPS) is 12.3. The average Bonchev–Trinajstić information content (AvgIpc) is 2.61. The molecule has 1 rings (SSSR count). The Balaban J connectivity index is 2.20. The summed E-state index contributed by atoms with van der Waals surface area (Å²) in [6.45, 7) is 5.84. The summed E-state index contributed by atoms with van der Waals surface area (Å²) in [7, 11) is 0. The molecular weight excluding hydrogens is 206 g/mol. The first-order valence-corrected chi connectivity index (χ1v) is 6.07. The number of hydrogen-bond acceptors (Lipinski definition) is 3. The molecule has 1 atom stereocenters. The third-order valence-corrected chi connectivity index (χ3v) is 3.29. The van der Waals surface area contributed by atoms with Crippen LogP contribution in [0.5, 0.6) is 0 Å². The molecule has 0 radical (unpaired) electrons. The van der Waals surface area contributed by atoms with E-state index in [0.29, 0.717) is 11.8 Å². The van der Waals surface area contributed by atoms with Crippen molar-refractivity contribution in [2.45, 2.75) is 24.9 Å². The van der Waals surface area contributed by atoms with Gasteiger partial charge in [-0.15, -0.1) is 18.2 Å². The number of terminal acetylenes is 1. The van der Waals surface area contributed by atoms with Gasteiger partial charge in [0.2, 0.25) is 0 Å². The first-order chi connectivity index (χ1) is 7.24. The highest BCUT2D eigenvalue weighted by molar-refractivity contribution is 7.99. The van der Waals surface area contributed by atoms with Gasteiger partial charge in [-0.2, -0.15) is 0 Å². The molecule has 1 heterocycles. The van der Waals surface area contributed by atoms with E-state index in [1.54, 1.807) is 6.26 Å². The fraction of sp³-hybridized carbons (Fsp3) is 0.500. The van der Waals surface area contributed by atoms with Gasteiger partial charge in [-0.05, 0) is 18.6 Å². The highest BCUT2D eigenvalue weighted by Gasteiger charge is 2.06. The smallest absolute Gasteiger partial charge is 0.116 e. The molecule has 2 nitrogen and oxygen atoms in total. The van der Waals surface area contributed by atoms with Gasteiger partial charge in [-0.1, -0.05) is 12.8 Å². The summed E-state index contributed by atoms with van der Waals surface area (Å²) < 4.78 is 5.37. The summed E-state index contributed by atoms with van der Waals surface area (Å²) >= 11 is 1.87. The Bertz CT molecular complexity index is 327. The molecule has 15 heavy (non-hydrogen) atoms. The van der Waals surface area contributed by atoms with Crippen LogP contribution in [-0.2, 0) is 5.75 Å². The van der Waals surface area contributed by atoms with Crippen LogP contribution in [0.3, 0.4) is 0 Å². The number of furan rings is 1. The van der Waals surface area contributed by atoms with E-state index < -0.39 is 0 Å². The Morgan fingerprint density at radius 3 is 3.07 bits per heavy atom. The van der Waals surface area contributed by atoms with Gasteiger partial charge in [-0.25, -0.2) is 0 Å². The van der Waals surface area contributed by atoms with Gasteiger partial charge in [0.25, 0.3) is 0 Å². The van der Waals surface area contributed by atoms with Crippen molar-refractivity contribution in [2.24, 2.45) is 0 Å². The van der Waals surface area contributed by atoms with E-state index in [9.17, 15) is 0 Å². The minimum atomic E-state index is 0.544. The van der Waals surface area contributed by atoms with E-state index in [1.807, 2.05) is 17.8 Å². The number of hydrogen-bond donors (Lipinski definition) is 1. The minimum Gasteiger partial charge on any atom is -0.468 e. The number of aryl methyl sites for hydroxylation is 1. The molecule has 0 aliphatic heterocycles. The fourth-order valence-corrected chi connectivity index (χ4v) is 2.14. The van der Waals surface area contributed by atoms with E-state index in [2.05, 4.69) is 25.1 Å². The Kier molecular flexibility index (Phi) is 5.38. The summed E-state index contributed by atoms with van der Waals surface area (Å²) in [5.74, 6) is 4.56. The molecule has 3 heteroatoms. The van der Waals surface area contributed by atoms with Crippen LogP contribution < -0.4 is 5.32 Å². The van der Waals surface area contributed by atoms with Crippen LogP contribution in [0.15, 0.2) is 16.7 Å². The predicted octanol–water partition coefficient (Wildman–Crippen LogP) is 2.43. The Hall–Kier alpha value is -0.850. The van der Waals surface area contributed by atoms with Gasteiger partial charge < -0.3 is 9.73 Å². The largest absolute Gasteiger partial charge is 0.468 e. The molecule has 1 aromatic rings. The molecule has 82 valence electrons. The fourth-order valence-electron chi connectivity index (χ4n) is 1.18. The monoisotopic (exact) mass is 223 g/mol. The molecule has 0 bridgehead atoms. The van der Waals surface area contributed by atoms with Crippen molar-refractivity contribution in [1.29, 1.82) is 0 Å². The van der Waals surface area contributed by atoms with Crippen LogP contribution in [-0.4, -0.2) is 18.3 Å². The second kappa shape index (κ2) is 6.60. The lowest BCUT2D eigenvalue weighted by Crippen LogP contribution is -2.22. The second-order valence-electron chi connectivity index (χ2n) is 3.48. The highest BCUT2D eigenvalue weighted by atomic mass is 32.2. The van der Waals surface area contributed by atoms with Gasteiger partial charge in [0.05, 0.1) is 18.6 Å². The van der Waals surface area contributed by atoms with Gasteiger partial charge >= 0.3 is 0 Å². The summed E-state index contributed by atoms with van der Waals surface area (Å²) in [4.78, 5) is 0. The zero-order valence-electron chi connectivity index (χ0n) is 9.25. The lowest BCUT2D eigenvalue weighted by atomic mass is 10.3. The van der Waals surface area contributed by atoms with Crippen LogP contribution in [0.25, 0.3) is 0 Å². The molecule has 1 unspecified atom stereocenters. The minimum absolute atomic E-state index is 0.544. The van der Waals surface area contributed by atoms with Gasteiger partial charge in [0.15, 0.2) is 0 Å². The number of nitrogens with one attached hydrogen (secondary N) is 1. The molecular formula is C12H17NOS. The van der Waals surface area contributed by atoms with Crippen molar-refractivity contribution in [1.82, 2.24) is 5.32 Å². The summed E-state index contributed by atoms with van der Waals surface area (Å²) in [6.07, 6.45) is 6.89. The maximum Gasteiger partial charge on any atom is 0.116 e. The lowest BCUT2D eigenvalue weighted by Gasteiger charge is -2.10. The standard InChI is InChI=1S/C12H17NOS/c1-4-6-13-8-11(3)15-9-12-10(2)5-7-14-12/h1,5,7,11,13H,6,8-9H2,2-3H3. The Labute approximate surface area is 95.8 Å². The molecule has 0 aliphatic carbocycles. The topological polar surface area (TPSA) is 25.2 Å². The molecule has 0 fully saturated rings. The number of thioether (sulfide) groups is 1. The van der Waals surface area contributed by atoms with Crippen LogP contribution in [0.2, 0.25) is 0 Å². The molecule has 0 saturated heterocycles. The molecule has 0 aromatic carbocycles. The van der Waals surface area contributed by atoms with Crippen LogP contribution in [0, 0.1) is 19.3 Å². The molecule has 1 aromatic heterocycles. The molecule has 0 saturated carbocycles. The van der Waals surface area contributed by atoms with Gasteiger partial charge in [-0.3, -0.25) is 0 Å². The molecule has 1 N–H and O–H groups in total. The third-order valence-electron chi connectivity index (χ3n) is 2.13. The zero-order chi connectivity index (χ0) is 11.1. The Morgan fingerprint density at radius 1 is 1.67 bits per heavy atom. The van der Waals surface area contributed by atoms with Crippen molar-refractivity contribution in [2.75, 3.05) is 13.1 Å². The number of rotatable bonds is 6. The summed E-state index contributed by atoms with van der Waals surface area (Å²) in [5, 5.41) is 3.74. The first-order valence-electron chi connectivity index (χ1n) is 5.02. The zero-order valence-corrected chi connectivity index (χ0v) is 10.1. The van der Waals surface area contributed by atoms with Crippen LogP contribution in [0.4, 0.5) is 0 Å². The SMILES string of the molecule is C#CCNCC(C)SCc1occc1C. The van der Waals surface area contributed by atoms with E-state index in [1.165, 1.54) is 5.56 Å². The van der Waals surface area contributed by atoms with E-state index in [4.69, 9.17) is 10.8 Å². The summed E-state index contributed by atoms with van der Waals surface area (Å²) in [6, 6.07) is 2.00.